The molecule has 0 unspecified atom stereocenters. The first-order valence-electron chi connectivity index (χ1n) is 4.58. The van der Waals surface area contributed by atoms with Crippen LogP contribution in [0.15, 0.2) is 54.6 Å². The monoisotopic (exact) mass is 219 g/mol. The van der Waals surface area contributed by atoms with Crippen LogP contribution < -0.4 is 10.3 Å². The highest BCUT2D eigenvalue weighted by Crippen LogP contribution is 2.16. The Kier molecular flexibility index (Phi) is 3.10. The molecule has 0 aliphatic heterocycles. The van der Waals surface area contributed by atoms with Crippen LogP contribution >= 0.6 is 11.6 Å². The molecule has 76 valence electrons. The van der Waals surface area contributed by atoms with Crippen LogP contribution in [0, 0.1) is 0 Å². The van der Waals surface area contributed by atoms with Gasteiger partial charge in [0.2, 0.25) is 0 Å². The molecule has 0 spiro atoms. The van der Waals surface area contributed by atoms with Crippen molar-refractivity contribution in [2.75, 3.05) is 5.48 Å². The number of benzene rings is 2. The van der Waals surface area contributed by atoms with Gasteiger partial charge in [-0.1, -0.05) is 35.9 Å². The molecule has 0 heterocycles. The van der Waals surface area contributed by atoms with E-state index in [1.807, 2.05) is 48.5 Å². The number of anilines is 1. The lowest BCUT2D eigenvalue weighted by Gasteiger charge is -2.07. The van der Waals surface area contributed by atoms with Crippen LogP contribution in [0.25, 0.3) is 0 Å². The normalized spacial score (nSPS) is 9.67. The van der Waals surface area contributed by atoms with E-state index in [1.165, 1.54) is 0 Å². The number of rotatable bonds is 3. The van der Waals surface area contributed by atoms with Crippen LogP contribution in [-0.4, -0.2) is 0 Å². The lowest BCUT2D eigenvalue weighted by molar-refractivity contribution is 0.405. The minimum Gasteiger partial charge on any atom is -0.382 e. The summed E-state index contributed by atoms with van der Waals surface area (Å²) in [4.78, 5) is 5.34. The molecule has 2 rings (SSSR count). The van der Waals surface area contributed by atoms with Gasteiger partial charge < -0.3 is 4.84 Å². The summed E-state index contributed by atoms with van der Waals surface area (Å²) in [5.41, 5.74) is 3.64. The Hall–Kier alpha value is -1.67. The molecule has 3 heteroatoms. The number of hydrogen-bond donors (Lipinski definition) is 1. The van der Waals surface area contributed by atoms with Gasteiger partial charge in [0.05, 0.1) is 5.69 Å². The lowest BCUT2D eigenvalue weighted by Crippen LogP contribution is -2.03. The van der Waals surface area contributed by atoms with Crippen LogP contribution in [-0.2, 0) is 0 Å². The van der Waals surface area contributed by atoms with Gasteiger partial charge >= 0.3 is 0 Å². The first-order chi connectivity index (χ1) is 7.34. The van der Waals surface area contributed by atoms with E-state index in [2.05, 4.69) is 5.48 Å². The molecule has 0 bridgehead atoms. The summed E-state index contributed by atoms with van der Waals surface area (Å²) in [6.45, 7) is 0. The molecule has 0 aromatic heterocycles. The smallest absolute Gasteiger partial charge is 0.155 e. The first kappa shape index (κ1) is 9.87. The molecule has 0 atom stereocenters. The lowest BCUT2D eigenvalue weighted by atomic mass is 10.3. The highest BCUT2D eigenvalue weighted by atomic mass is 35.5. The zero-order valence-electron chi connectivity index (χ0n) is 7.98. The van der Waals surface area contributed by atoms with Gasteiger partial charge in [-0.3, -0.25) is 0 Å². The number of para-hydroxylation sites is 1. The van der Waals surface area contributed by atoms with Crippen LogP contribution in [0.5, 0.6) is 5.75 Å². The Labute approximate surface area is 93.4 Å². The van der Waals surface area contributed by atoms with Crippen molar-refractivity contribution in [1.82, 2.24) is 0 Å². The van der Waals surface area contributed by atoms with Crippen LogP contribution in [0.1, 0.15) is 0 Å². The molecule has 0 aliphatic rings. The number of hydrogen-bond acceptors (Lipinski definition) is 2. The average Bonchev–Trinajstić information content (AvgIpc) is 2.28. The van der Waals surface area contributed by atoms with Crippen molar-refractivity contribution in [2.45, 2.75) is 0 Å². The summed E-state index contributed by atoms with van der Waals surface area (Å²) in [6.07, 6.45) is 0. The summed E-state index contributed by atoms with van der Waals surface area (Å²) < 4.78 is 0. The second kappa shape index (κ2) is 4.71. The quantitative estimate of drug-likeness (QED) is 0.794. The van der Waals surface area contributed by atoms with Crippen LogP contribution in [0.3, 0.4) is 0 Å². The molecule has 0 saturated heterocycles. The van der Waals surface area contributed by atoms with Crippen LogP contribution in [0.2, 0.25) is 5.02 Å². The standard InChI is InChI=1S/C12H10ClNO/c13-10-5-4-6-11(9-10)14-15-12-7-2-1-3-8-12/h1-9,14H. The zero-order chi connectivity index (χ0) is 10.5. The van der Waals surface area contributed by atoms with E-state index in [1.54, 1.807) is 6.07 Å². The summed E-state index contributed by atoms with van der Waals surface area (Å²) >= 11 is 5.83. The van der Waals surface area contributed by atoms with E-state index >= 15 is 0 Å². The molecule has 2 aromatic carbocycles. The zero-order valence-corrected chi connectivity index (χ0v) is 8.74. The third kappa shape index (κ3) is 2.89. The first-order valence-corrected chi connectivity index (χ1v) is 4.96. The molecule has 2 nitrogen and oxygen atoms in total. The molecular formula is C12H10ClNO. The Bertz CT molecular complexity index is 431. The third-order valence-electron chi connectivity index (χ3n) is 1.85. The number of halogens is 1. The van der Waals surface area contributed by atoms with Gasteiger partial charge in [-0.25, -0.2) is 5.48 Å². The maximum absolute atomic E-state index is 5.83. The van der Waals surface area contributed by atoms with E-state index in [4.69, 9.17) is 16.4 Å². The second-order valence-corrected chi connectivity index (χ2v) is 3.46. The molecular weight excluding hydrogens is 210 g/mol. The Morgan fingerprint density at radius 1 is 0.933 bits per heavy atom. The van der Waals surface area contributed by atoms with Gasteiger partial charge in [-0.2, -0.15) is 0 Å². The van der Waals surface area contributed by atoms with Crippen molar-refractivity contribution in [3.8, 4) is 5.75 Å². The fourth-order valence-electron chi connectivity index (χ4n) is 1.16. The SMILES string of the molecule is Clc1cccc(NOc2ccccc2)c1. The fourth-order valence-corrected chi connectivity index (χ4v) is 1.35. The van der Waals surface area contributed by atoms with E-state index in [0.29, 0.717) is 5.02 Å². The molecule has 0 fully saturated rings. The second-order valence-electron chi connectivity index (χ2n) is 3.03. The van der Waals surface area contributed by atoms with Gasteiger partial charge in [-0.15, -0.1) is 0 Å². The van der Waals surface area contributed by atoms with E-state index in [9.17, 15) is 0 Å². The summed E-state index contributed by atoms with van der Waals surface area (Å²) in [5.74, 6) is 0.762. The van der Waals surface area contributed by atoms with Crippen molar-refractivity contribution in [1.29, 1.82) is 0 Å². The summed E-state index contributed by atoms with van der Waals surface area (Å²) in [5, 5.41) is 0.677. The average molecular weight is 220 g/mol. The summed E-state index contributed by atoms with van der Waals surface area (Å²) in [7, 11) is 0. The molecule has 0 radical (unpaired) electrons. The Morgan fingerprint density at radius 2 is 1.73 bits per heavy atom. The Morgan fingerprint density at radius 3 is 2.47 bits per heavy atom. The Balaban J connectivity index is 1.99. The molecule has 15 heavy (non-hydrogen) atoms. The maximum atomic E-state index is 5.83. The molecule has 0 saturated carbocycles. The van der Waals surface area contributed by atoms with Gasteiger partial charge in [0.25, 0.3) is 0 Å². The topological polar surface area (TPSA) is 21.3 Å². The van der Waals surface area contributed by atoms with Gasteiger partial charge in [0.15, 0.2) is 5.75 Å². The predicted molar refractivity (Wildman–Crippen MR) is 62.1 cm³/mol. The van der Waals surface area contributed by atoms with E-state index < -0.39 is 0 Å². The van der Waals surface area contributed by atoms with Gasteiger partial charge in [0, 0.05) is 5.02 Å². The minimum absolute atomic E-state index is 0.677. The molecule has 0 aliphatic carbocycles. The van der Waals surface area contributed by atoms with E-state index in [0.717, 1.165) is 11.4 Å². The predicted octanol–water partition coefficient (Wildman–Crippen LogP) is 3.75. The fraction of sp³-hybridized carbons (Fsp3) is 0. The highest BCUT2D eigenvalue weighted by molar-refractivity contribution is 6.30. The van der Waals surface area contributed by atoms with Crippen molar-refractivity contribution in [2.24, 2.45) is 0 Å². The van der Waals surface area contributed by atoms with Crippen LogP contribution in [0.4, 0.5) is 5.69 Å². The minimum atomic E-state index is 0.677. The number of nitrogens with one attached hydrogen (secondary N) is 1. The molecule has 0 amide bonds. The van der Waals surface area contributed by atoms with Crippen molar-refractivity contribution in [3.63, 3.8) is 0 Å². The third-order valence-corrected chi connectivity index (χ3v) is 2.09. The van der Waals surface area contributed by atoms with Gasteiger partial charge in [-0.05, 0) is 30.3 Å². The van der Waals surface area contributed by atoms with Crippen molar-refractivity contribution < 1.29 is 4.84 Å². The van der Waals surface area contributed by atoms with E-state index in [-0.39, 0.29) is 0 Å². The largest absolute Gasteiger partial charge is 0.382 e. The van der Waals surface area contributed by atoms with Crippen molar-refractivity contribution >= 4 is 17.3 Å². The maximum Gasteiger partial charge on any atom is 0.155 e. The highest BCUT2D eigenvalue weighted by Gasteiger charge is 1.94. The van der Waals surface area contributed by atoms with Gasteiger partial charge in [0.1, 0.15) is 0 Å². The molecule has 2 aromatic rings. The molecule has 1 N–H and O–H groups in total. The summed E-state index contributed by atoms with van der Waals surface area (Å²) in [6, 6.07) is 16.9. The van der Waals surface area contributed by atoms with Crippen molar-refractivity contribution in [3.05, 3.63) is 59.6 Å².